The van der Waals surface area contributed by atoms with Crippen LogP contribution in [-0.4, -0.2) is 47.3 Å². The fraction of sp³-hybridized carbons (Fsp3) is 0.619. The molecule has 2 aliphatic rings. The number of carbonyl (C=O) groups is 1. The number of halogens is 3. The van der Waals surface area contributed by atoms with Gasteiger partial charge in [-0.05, 0) is 43.9 Å². The normalized spacial score (nSPS) is 19.0. The van der Waals surface area contributed by atoms with Gasteiger partial charge in [-0.2, -0.15) is 17.5 Å². The van der Waals surface area contributed by atoms with Crippen molar-refractivity contribution in [2.45, 2.75) is 75.0 Å². The van der Waals surface area contributed by atoms with Gasteiger partial charge in [0.15, 0.2) is 0 Å². The molecule has 32 heavy (non-hydrogen) atoms. The molecule has 1 amide bonds. The van der Waals surface area contributed by atoms with E-state index < -0.39 is 22.0 Å². The fourth-order valence-electron chi connectivity index (χ4n) is 4.55. The molecule has 2 heterocycles. The van der Waals surface area contributed by atoms with Gasteiger partial charge in [0, 0.05) is 32.1 Å². The van der Waals surface area contributed by atoms with Gasteiger partial charge in [0.25, 0.3) is 0 Å². The number of nitrogens with one attached hydrogen (secondary N) is 1. The van der Waals surface area contributed by atoms with E-state index in [1.807, 2.05) is 0 Å². The maximum atomic E-state index is 13.7. The van der Waals surface area contributed by atoms with Gasteiger partial charge in [0.2, 0.25) is 21.8 Å². The summed E-state index contributed by atoms with van der Waals surface area (Å²) in [5.41, 5.74) is 0.105. The summed E-state index contributed by atoms with van der Waals surface area (Å²) in [4.78, 5) is 16.0. The molecule has 1 aromatic heterocycles. The van der Waals surface area contributed by atoms with Crippen molar-refractivity contribution in [1.29, 1.82) is 0 Å². The van der Waals surface area contributed by atoms with Crippen molar-refractivity contribution in [3.05, 3.63) is 24.0 Å². The van der Waals surface area contributed by atoms with Gasteiger partial charge in [0.05, 0.1) is 15.9 Å². The van der Waals surface area contributed by atoms with Gasteiger partial charge in [-0.1, -0.05) is 19.3 Å². The second kappa shape index (κ2) is 9.01. The zero-order valence-corrected chi connectivity index (χ0v) is 18.5. The Kier molecular flexibility index (Phi) is 6.49. The van der Waals surface area contributed by atoms with Crippen LogP contribution in [-0.2, 0) is 27.5 Å². The van der Waals surface area contributed by atoms with Crippen LogP contribution in [0.2, 0.25) is 0 Å². The molecule has 1 aliphatic heterocycles. The molecule has 2 fully saturated rings. The molecule has 0 bridgehead atoms. The number of hydrogen-bond donors (Lipinski definition) is 1. The van der Waals surface area contributed by atoms with Gasteiger partial charge in [-0.25, -0.2) is 13.4 Å². The number of fused-ring (bicyclic) bond motifs is 1. The van der Waals surface area contributed by atoms with Crippen LogP contribution in [0.4, 0.5) is 13.2 Å². The Bertz CT molecular complexity index is 1090. The number of carbonyl (C=O) groups excluding carboxylic acids is 1. The molecule has 1 N–H and O–H groups in total. The number of aromatic nitrogens is 2. The van der Waals surface area contributed by atoms with Crippen molar-refractivity contribution in [2.75, 3.05) is 13.1 Å². The average Bonchev–Trinajstić information content (AvgIpc) is 3.41. The van der Waals surface area contributed by atoms with Gasteiger partial charge < -0.3 is 9.88 Å². The Morgan fingerprint density at radius 2 is 1.78 bits per heavy atom. The lowest BCUT2D eigenvalue weighted by Crippen LogP contribution is -2.36. The number of imidazole rings is 1. The zero-order chi connectivity index (χ0) is 22.9. The molecule has 0 radical (unpaired) electrons. The number of benzene rings is 1. The molecule has 0 atom stereocenters. The second-order valence-corrected chi connectivity index (χ2v) is 10.4. The number of rotatable bonds is 6. The Morgan fingerprint density at radius 3 is 2.44 bits per heavy atom. The number of hydrogen-bond acceptors (Lipinski definition) is 4. The third-order valence-corrected chi connectivity index (χ3v) is 8.10. The van der Waals surface area contributed by atoms with E-state index in [-0.39, 0.29) is 40.8 Å². The van der Waals surface area contributed by atoms with Crippen molar-refractivity contribution in [3.63, 3.8) is 0 Å². The zero-order valence-electron chi connectivity index (χ0n) is 17.7. The summed E-state index contributed by atoms with van der Waals surface area (Å²) in [6, 6.07) is 3.93. The van der Waals surface area contributed by atoms with Crippen LogP contribution in [0.1, 0.15) is 57.2 Å². The molecule has 7 nitrogen and oxygen atoms in total. The van der Waals surface area contributed by atoms with Crippen molar-refractivity contribution < 1.29 is 26.4 Å². The highest BCUT2D eigenvalue weighted by molar-refractivity contribution is 7.89. The SMILES string of the molecule is O=C(CCn1c(C(F)(F)F)nc2cc(S(=O)(=O)N3CCCC3)ccc21)NC1CCCCC1. The molecular formula is C21H27F3N4O3S. The summed E-state index contributed by atoms with van der Waals surface area (Å²) in [5, 5.41) is 2.91. The van der Waals surface area contributed by atoms with Crippen LogP contribution in [0, 0.1) is 0 Å². The average molecular weight is 473 g/mol. The van der Waals surface area contributed by atoms with E-state index in [2.05, 4.69) is 10.3 Å². The van der Waals surface area contributed by atoms with Crippen molar-refractivity contribution in [1.82, 2.24) is 19.2 Å². The van der Waals surface area contributed by atoms with E-state index in [9.17, 15) is 26.4 Å². The molecule has 4 rings (SSSR count). The molecular weight excluding hydrogens is 445 g/mol. The first-order chi connectivity index (χ1) is 15.2. The quantitative estimate of drug-likeness (QED) is 0.695. The van der Waals surface area contributed by atoms with Crippen LogP contribution < -0.4 is 5.32 Å². The van der Waals surface area contributed by atoms with E-state index >= 15 is 0 Å². The predicted octanol–water partition coefficient (Wildman–Crippen LogP) is 3.68. The summed E-state index contributed by atoms with van der Waals surface area (Å²) < 4.78 is 68.8. The first-order valence-corrected chi connectivity index (χ1v) is 12.5. The van der Waals surface area contributed by atoms with E-state index in [0.29, 0.717) is 13.1 Å². The third kappa shape index (κ3) is 4.78. The molecule has 176 valence electrons. The summed E-state index contributed by atoms with van der Waals surface area (Å²) in [5.74, 6) is -1.42. The van der Waals surface area contributed by atoms with E-state index in [1.165, 1.54) is 22.5 Å². The summed E-state index contributed by atoms with van der Waals surface area (Å²) >= 11 is 0. The summed E-state index contributed by atoms with van der Waals surface area (Å²) in [6.45, 7) is 0.611. The van der Waals surface area contributed by atoms with Crippen LogP contribution >= 0.6 is 0 Å². The number of aryl methyl sites for hydroxylation is 1. The minimum Gasteiger partial charge on any atom is -0.353 e. The van der Waals surface area contributed by atoms with Crippen molar-refractivity contribution in [2.24, 2.45) is 0 Å². The van der Waals surface area contributed by atoms with Crippen LogP contribution in [0.15, 0.2) is 23.1 Å². The summed E-state index contributed by atoms with van der Waals surface area (Å²) in [7, 11) is -3.77. The van der Waals surface area contributed by atoms with Crippen LogP contribution in [0.5, 0.6) is 0 Å². The molecule has 1 aromatic carbocycles. The van der Waals surface area contributed by atoms with E-state index in [4.69, 9.17) is 0 Å². The number of amides is 1. The van der Waals surface area contributed by atoms with Gasteiger partial charge in [-0.3, -0.25) is 4.79 Å². The largest absolute Gasteiger partial charge is 0.449 e. The lowest BCUT2D eigenvalue weighted by Gasteiger charge is -2.23. The lowest BCUT2D eigenvalue weighted by molar-refractivity contribution is -0.147. The molecule has 0 unspecified atom stereocenters. The Labute approximate surface area is 185 Å². The van der Waals surface area contributed by atoms with Gasteiger partial charge in [-0.15, -0.1) is 0 Å². The number of nitrogens with zero attached hydrogens (tertiary/aromatic N) is 3. The molecule has 1 saturated heterocycles. The number of sulfonamides is 1. The second-order valence-electron chi connectivity index (χ2n) is 8.50. The first kappa shape index (κ1) is 23.0. The third-order valence-electron chi connectivity index (χ3n) is 6.21. The first-order valence-electron chi connectivity index (χ1n) is 11.0. The highest BCUT2D eigenvalue weighted by Gasteiger charge is 2.38. The van der Waals surface area contributed by atoms with Crippen LogP contribution in [0.25, 0.3) is 11.0 Å². The van der Waals surface area contributed by atoms with Crippen molar-refractivity contribution in [3.8, 4) is 0 Å². The minimum atomic E-state index is -4.73. The highest BCUT2D eigenvalue weighted by Crippen LogP contribution is 2.33. The van der Waals surface area contributed by atoms with E-state index in [1.54, 1.807) is 0 Å². The van der Waals surface area contributed by atoms with Crippen molar-refractivity contribution >= 4 is 27.0 Å². The molecule has 1 aliphatic carbocycles. The maximum Gasteiger partial charge on any atom is 0.449 e. The Hall–Kier alpha value is -2.14. The fourth-order valence-corrected chi connectivity index (χ4v) is 6.09. The molecule has 0 spiro atoms. The predicted molar refractivity (Wildman–Crippen MR) is 112 cm³/mol. The smallest absolute Gasteiger partial charge is 0.353 e. The summed E-state index contributed by atoms with van der Waals surface area (Å²) in [6.07, 6.45) is 1.68. The monoisotopic (exact) mass is 472 g/mol. The maximum absolute atomic E-state index is 13.7. The highest BCUT2D eigenvalue weighted by atomic mass is 32.2. The van der Waals surface area contributed by atoms with Gasteiger partial charge >= 0.3 is 6.18 Å². The topological polar surface area (TPSA) is 84.3 Å². The lowest BCUT2D eigenvalue weighted by atomic mass is 9.95. The minimum absolute atomic E-state index is 0.0507. The van der Waals surface area contributed by atoms with Gasteiger partial charge in [0.1, 0.15) is 0 Å². The molecule has 1 saturated carbocycles. The molecule has 2 aromatic rings. The Balaban J connectivity index is 1.58. The van der Waals surface area contributed by atoms with E-state index in [0.717, 1.165) is 49.5 Å². The standard InChI is InChI=1S/C21H27F3N4O3S/c22-21(23,24)20-26-17-14-16(32(30,31)27-11-4-5-12-27)8-9-18(17)28(20)13-10-19(29)25-15-6-2-1-3-7-15/h8-9,14-15H,1-7,10-13H2,(H,25,29). The molecule has 11 heteroatoms. The number of alkyl halides is 3. The van der Waals surface area contributed by atoms with Crippen LogP contribution in [0.3, 0.4) is 0 Å². The Morgan fingerprint density at radius 1 is 1.09 bits per heavy atom.